The summed E-state index contributed by atoms with van der Waals surface area (Å²) in [5.74, 6) is -0.213. The van der Waals surface area contributed by atoms with Gasteiger partial charge in [0, 0.05) is 0 Å². The van der Waals surface area contributed by atoms with E-state index >= 15 is 0 Å². The SMILES string of the molecule is C=CCON1C(=O)C2C3C=CC(C3)C2C1=O. The van der Waals surface area contributed by atoms with Gasteiger partial charge >= 0.3 is 0 Å². The summed E-state index contributed by atoms with van der Waals surface area (Å²) < 4.78 is 0. The van der Waals surface area contributed by atoms with Gasteiger partial charge in [0.1, 0.15) is 0 Å². The molecule has 0 radical (unpaired) electrons. The summed E-state index contributed by atoms with van der Waals surface area (Å²) in [6, 6.07) is 0. The number of nitrogens with zero attached hydrogens (tertiary/aromatic N) is 1. The van der Waals surface area contributed by atoms with Crippen LogP contribution >= 0.6 is 0 Å². The van der Waals surface area contributed by atoms with E-state index in [1.165, 1.54) is 6.08 Å². The quantitative estimate of drug-likeness (QED) is 0.523. The molecule has 2 aliphatic carbocycles. The van der Waals surface area contributed by atoms with Gasteiger partial charge in [-0.1, -0.05) is 18.2 Å². The number of imide groups is 1. The molecule has 0 aromatic heterocycles. The van der Waals surface area contributed by atoms with Crippen LogP contribution in [0.4, 0.5) is 0 Å². The van der Waals surface area contributed by atoms with Gasteiger partial charge in [-0.3, -0.25) is 14.4 Å². The summed E-state index contributed by atoms with van der Waals surface area (Å²) in [6.07, 6.45) is 6.60. The number of amides is 2. The fourth-order valence-electron chi connectivity index (χ4n) is 3.13. The van der Waals surface area contributed by atoms with Crippen molar-refractivity contribution in [3.8, 4) is 0 Å². The molecule has 4 heteroatoms. The zero-order valence-electron chi connectivity index (χ0n) is 8.83. The van der Waals surface area contributed by atoms with Crippen LogP contribution in [0.2, 0.25) is 0 Å². The van der Waals surface area contributed by atoms with Crippen LogP contribution in [0.1, 0.15) is 6.42 Å². The van der Waals surface area contributed by atoms with Crippen molar-refractivity contribution in [3.05, 3.63) is 24.8 Å². The molecule has 1 saturated heterocycles. The number of carbonyl (C=O) groups is 2. The van der Waals surface area contributed by atoms with E-state index < -0.39 is 0 Å². The standard InChI is InChI=1S/C12H13NO3/c1-2-5-16-13-11(14)9-7-3-4-8(6-7)10(9)12(13)15/h2-4,7-10H,1,5-6H2. The summed E-state index contributed by atoms with van der Waals surface area (Å²) >= 11 is 0. The lowest BCUT2D eigenvalue weighted by Gasteiger charge is -2.15. The van der Waals surface area contributed by atoms with Crippen molar-refractivity contribution in [2.24, 2.45) is 23.7 Å². The van der Waals surface area contributed by atoms with Gasteiger partial charge in [0.2, 0.25) is 0 Å². The lowest BCUT2D eigenvalue weighted by Crippen LogP contribution is -2.33. The van der Waals surface area contributed by atoms with E-state index in [9.17, 15) is 9.59 Å². The van der Waals surface area contributed by atoms with Gasteiger partial charge in [-0.15, -0.1) is 6.58 Å². The summed E-state index contributed by atoms with van der Waals surface area (Å²) in [6.45, 7) is 3.69. The second-order valence-corrected chi connectivity index (χ2v) is 4.56. The fourth-order valence-corrected chi connectivity index (χ4v) is 3.13. The Bertz CT molecular complexity index is 371. The Kier molecular flexibility index (Phi) is 2.01. The van der Waals surface area contributed by atoms with Crippen molar-refractivity contribution >= 4 is 11.8 Å². The molecule has 84 valence electrons. The minimum absolute atomic E-state index is 0.172. The first-order chi connectivity index (χ1) is 7.74. The van der Waals surface area contributed by atoms with Crippen LogP contribution < -0.4 is 0 Å². The largest absolute Gasteiger partial charge is 0.272 e. The molecule has 0 N–H and O–H groups in total. The van der Waals surface area contributed by atoms with E-state index in [0.29, 0.717) is 0 Å². The zero-order chi connectivity index (χ0) is 11.3. The van der Waals surface area contributed by atoms with Crippen molar-refractivity contribution in [3.63, 3.8) is 0 Å². The molecule has 4 atom stereocenters. The van der Waals surface area contributed by atoms with Gasteiger partial charge in [-0.25, -0.2) is 0 Å². The molecule has 3 rings (SSSR count). The molecule has 2 fully saturated rings. The van der Waals surface area contributed by atoms with Crippen LogP contribution in [0.3, 0.4) is 0 Å². The smallest absolute Gasteiger partial charge is 0.258 e. The summed E-state index contributed by atoms with van der Waals surface area (Å²) in [4.78, 5) is 29.1. The van der Waals surface area contributed by atoms with Crippen LogP contribution in [0.15, 0.2) is 24.8 Å². The topological polar surface area (TPSA) is 46.6 Å². The average Bonchev–Trinajstić information content (AvgIpc) is 2.92. The van der Waals surface area contributed by atoms with E-state index in [4.69, 9.17) is 4.84 Å². The minimum Gasteiger partial charge on any atom is -0.272 e. The maximum absolute atomic E-state index is 12.0. The average molecular weight is 219 g/mol. The minimum atomic E-state index is -0.174. The summed E-state index contributed by atoms with van der Waals surface area (Å²) in [5.41, 5.74) is 0. The molecule has 1 saturated carbocycles. The number of carbonyl (C=O) groups excluding carboxylic acids is 2. The molecule has 1 aliphatic heterocycles. The number of hydroxylamine groups is 2. The number of rotatable bonds is 3. The molecule has 4 unspecified atom stereocenters. The molecule has 1 heterocycles. The molecule has 2 bridgehead atoms. The Morgan fingerprint density at radius 2 is 1.88 bits per heavy atom. The Hall–Kier alpha value is -1.42. The van der Waals surface area contributed by atoms with Crippen LogP contribution in [0.5, 0.6) is 0 Å². The van der Waals surface area contributed by atoms with Crippen molar-refractivity contribution in [2.75, 3.05) is 6.61 Å². The molecule has 4 nitrogen and oxygen atoms in total. The van der Waals surface area contributed by atoms with Crippen LogP contribution in [-0.2, 0) is 14.4 Å². The van der Waals surface area contributed by atoms with Gasteiger partial charge in [0.25, 0.3) is 11.8 Å². The molecule has 2 amide bonds. The van der Waals surface area contributed by atoms with Crippen LogP contribution in [0, 0.1) is 23.7 Å². The van der Waals surface area contributed by atoms with Gasteiger partial charge < -0.3 is 0 Å². The number of allylic oxidation sites excluding steroid dienone is 2. The number of hydrogen-bond acceptors (Lipinski definition) is 3. The number of fused-ring (bicyclic) bond motifs is 5. The molecule has 0 aromatic rings. The maximum atomic E-state index is 12.0. The Labute approximate surface area is 93.5 Å². The van der Waals surface area contributed by atoms with Crippen molar-refractivity contribution in [2.45, 2.75) is 6.42 Å². The van der Waals surface area contributed by atoms with Gasteiger partial charge in [-0.05, 0) is 18.3 Å². The third-order valence-corrected chi connectivity index (χ3v) is 3.75. The van der Waals surface area contributed by atoms with E-state index in [0.717, 1.165) is 11.5 Å². The predicted octanol–water partition coefficient (Wildman–Crippen LogP) is 0.911. The second kappa shape index (κ2) is 3.28. The fraction of sp³-hybridized carbons (Fsp3) is 0.500. The Morgan fingerprint density at radius 3 is 2.38 bits per heavy atom. The second-order valence-electron chi connectivity index (χ2n) is 4.56. The van der Waals surface area contributed by atoms with Crippen molar-refractivity contribution in [1.29, 1.82) is 0 Å². The lowest BCUT2D eigenvalue weighted by atomic mass is 9.85. The molecular weight excluding hydrogens is 206 g/mol. The van der Waals surface area contributed by atoms with Gasteiger partial charge in [0.15, 0.2) is 0 Å². The van der Waals surface area contributed by atoms with E-state index in [1.54, 1.807) is 0 Å². The Morgan fingerprint density at radius 1 is 1.31 bits per heavy atom. The predicted molar refractivity (Wildman–Crippen MR) is 55.7 cm³/mol. The molecule has 0 aromatic carbocycles. The first-order valence-electron chi connectivity index (χ1n) is 5.54. The zero-order valence-corrected chi connectivity index (χ0v) is 8.83. The number of hydrogen-bond donors (Lipinski definition) is 0. The highest BCUT2D eigenvalue weighted by Gasteiger charge is 2.59. The first-order valence-corrected chi connectivity index (χ1v) is 5.54. The maximum Gasteiger partial charge on any atom is 0.258 e. The third-order valence-electron chi connectivity index (χ3n) is 3.75. The molecule has 16 heavy (non-hydrogen) atoms. The summed E-state index contributed by atoms with van der Waals surface area (Å²) in [5, 5.41) is 0.948. The molecule has 0 spiro atoms. The van der Waals surface area contributed by atoms with Crippen LogP contribution in [-0.4, -0.2) is 23.5 Å². The van der Waals surface area contributed by atoms with E-state index in [1.807, 2.05) is 0 Å². The highest BCUT2D eigenvalue weighted by molar-refractivity contribution is 6.05. The van der Waals surface area contributed by atoms with Gasteiger partial charge in [-0.2, -0.15) is 5.06 Å². The van der Waals surface area contributed by atoms with Crippen molar-refractivity contribution in [1.82, 2.24) is 5.06 Å². The van der Waals surface area contributed by atoms with Crippen LogP contribution in [0.25, 0.3) is 0 Å². The van der Waals surface area contributed by atoms with E-state index in [2.05, 4.69) is 18.7 Å². The van der Waals surface area contributed by atoms with E-state index in [-0.39, 0.29) is 42.1 Å². The molecular formula is C12H13NO3. The van der Waals surface area contributed by atoms with Gasteiger partial charge in [0.05, 0.1) is 18.4 Å². The highest BCUT2D eigenvalue weighted by Crippen LogP contribution is 2.52. The highest BCUT2D eigenvalue weighted by atomic mass is 16.7. The summed E-state index contributed by atoms with van der Waals surface area (Å²) in [7, 11) is 0. The monoisotopic (exact) mass is 219 g/mol. The van der Waals surface area contributed by atoms with Crippen molar-refractivity contribution < 1.29 is 14.4 Å². The first kappa shape index (κ1) is 9.78. The normalized spacial score (nSPS) is 39.6. The Balaban J connectivity index is 1.86. The lowest BCUT2D eigenvalue weighted by molar-refractivity contribution is -0.186. The third kappa shape index (κ3) is 1.08. The molecule has 3 aliphatic rings.